The summed E-state index contributed by atoms with van der Waals surface area (Å²) in [5, 5.41) is 12.8. The van der Waals surface area contributed by atoms with Gasteiger partial charge in [-0.3, -0.25) is 4.79 Å². The van der Waals surface area contributed by atoms with E-state index in [0.717, 1.165) is 5.69 Å². The van der Waals surface area contributed by atoms with Crippen LogP contribution in [-0.4, -0.2) is 37.0 Å². The molecule has 1 N–H and O–H groups in total. The molecule has 1 aliphatic heterocycles. The lowest BCUT2D eigenvalue weighted by molar-refractivity contribution is -0.127. The number of piperazine rings is 1. The molecule has 0 saturated carbocycles. The molecule has 5 nitrogen and oxygen atoms in total. The molecule has 0 radical (unpaired) electrons. The number of halogens is 2. The zero-order chi connectivity index (χ0) is 19.2. The third kappa shape index (κ3) is 4.57. The van der Waals surface area contributed by atoms with Gasteiger partial charge in [0.05, 0.1) is 10.7 Å². The molecule has 1 heterocycles. The van der Waals surface area contributed by atoms with E-state index in [4.69, 9.17) is 11.6 Å². The van der Waals surface area contributed by atoms with Gasteiger partial charge < -0.3 is 15.1 Å². The van der Waals surface area contributed by atoms with Crippen molar-refractivity contribution in [3.05, 3.63) is 71.1 Å². The van der Waals surface area contributed by atoms with Crippen LogP contribution in [0.4, 0.5) is 15.8 Å². The second kappa shape index (κ2) is 8.56. The number of nitrogens with zero attached hydrogens (tertiary/aromatic N) is 3. The Morgan fingerprint density at radius 1 is 1.11 bits per heavy atom. The summed E-state index contributed by atoms with van der Waals surface area (Å²) in [6.45, 7) is 2.21. The Bertz CT molecular complexity index is 884. The van der Waals surface area contributed by atoms with Crippen molar-refractivity contribution in [2.24, 2.45) is 0 Å². The molecule has 1 aliphatic rings. The summed E-state index contributed by atoms with van der Waals surface area (Å²) in [7, 11) is 0. The first-order valence-electron chi connectivity index (χ1n) is 8.49. The zero-order valence-electron chi connectivity index (χ0n) is 14.5. The van der Waals surface area contributed by atoms with E-state index in [1.165, 1.54) is 18.3 Å². The first-order chi connectivity index (χ1) is 13.1. The number of carbonyl (C=O) groups excluding carboxylic acids is 1. The standard InChI is InChI=1S/C20H18ClFN4O/c21-18-3-1-2-4-19(18)24-14-15(13-23)20(27)26-11-9-25(10-12-26)17-7-5-16(22)6-8-17/h1-8,14,24H,9-12H2/b15-14-. The molecular formula is C20H18ClFN4O. The van der Waals surface area contributed by atoms with E-state index in [1.807, 2.05) is 12.1 Å². The van der Waals surface area contributed by atoms with Crippen LogP contribution in [0.1, 0.15) is 0 Å². The van der Waals surface area contributed by atoms with Crippen LogP contribution in [0.5, 0.6) is 0 Å². The average Bonchev–Trinajstić information content (AvgIpc) is 2.70. The van der Waals surface area contributed by atoms with Crippen molar-refractivity contribution in [2.45, 2.75) is 0 Å². The van der Waals surface area contributed by atoms with Crippen LogP contribution in [0.2, 0.25) is 5.02 Å². The van der Waals surface area contributed by atoms with Crippen LogP contribution in [-0.2, 0) is 4.79 Å². The van der Waals surface area contributed by atoms with Crippen molar-refractivity contribution >= 4 is 28.9 Å². The molecule has 27 heavy (non-hydrogen) atoms. The maximum absolute atomic E-state index is 13.0. The van der Waals surface area contributed by atoms with E-state index in [2.05, 4.69) is 10.2 Å². The SMILES string of the molecule is N#C/C(=C/Nc1ccccc1Cl)C(=O)N1CCN(c2ccc(F)cc2)CC1. The molecule has 138 valence electrons. The highest BCUT2D eigenvalue weighted by Crippen LogP contribution is 2.21. The van der Waals surface area contributed by atoms with Crippen molar-refractivity contribution < 1.29 is 9.18 Å². The van der Waals surface area contributed by atoms with Crippen molar-refractivity contribution in [3.63, 3.8) is 0 Å². The molecule has 0 bridgehead atoms. The third-order valence-electron chi connectivity index (χ3n) is 4.36. The van der Waals surface area contributed by atoms with Crippen LogP contribution in [0.3, 0.4) is 0 Å². The second-order valence-corrected chi connectivity index (χ2v) is 6.46. The summed E-state index contributed by atoms with van der Waals surface area (Å²) in [4.78, 5) is 16.3. The van der Waals surface area contributed by atoms with E-state index in [9.17, 15) is 14.4 Å². The van der Waals surface area contributed by atoms with Gasteiger partial charge in [0.25, 0.3) is 5.91 Å². The van der Waals surface area contributed by atoms with Gasteiger partial charge in [0.1, 0.15) is 17.5 Å². The molecule has 1 amide bonds. The van der Waals surface area contributed by atoms with Gasteiger partial charge in [-0.25, -0.2) is 4.39 Å². The molecule has 2 aromatic carbocycles. The highest BCUT2D eigenvalue weighted by molar-refractivity contribution is 6.33. The Kier molecular flexibility index (Phi) is 5.94. The Labute approximate surface area is 162 Å². The monoisotopic (exact) mass is 384 g/mol. The Hall–Kier alpha value is -3.04. The third-order valence-corrected chi connectivity index (χ3v) is 4.68. The average molecular weight is 385 g/mol. The van der Waals surface area contributed by atoms with Gasteiger partial charge >= 0.3 is 0 Å². The molecule has 1 saturated heterocycles. The van der Waals surface area contributed by atoms with Gasteiger partial charge in [-0.2, -0.15) is 5.26 Å². The van der Waals surface area contributed by atoms with Gasteiger partial charge in [0, 0.05) is 38.1 Å². The highest BCUT2D eigenvalue weighted by atomic mass is 35.5. The maximum atomic E-state index is 13.0. The quantitative estimate of drug-likeness (QED) is 0.645. The molecule has 0 spiro atoms. The van der Waals surface area contributed by atoms with Crippen LogP contribution >= 0.6 is 11.6 Å². The van der Waals surface area contributed by atoms with Crippen molar-refractivity contribution in [1.82, 2.24) is 4.90 Å². The number of benzene rings is 2. The number of para-hydroxylation sites is 1. The first kappa shape index (κ1) is 18.7. The smallest absolute Gasteiger partial charge is 0.266 e. The van der Waals surface area contributed by atoms with E-state index in [0.29, 0.717) is 36.9 Å². The summed E-state index contributed by atoms with van der Waals surface area (Å²) in [6.07, 6.45) is 1.38. The first-order valence-corrected chi connectivity index (χ1v) is 8.87. The van der Waals surface area contributed by atoms with Crippen molar-refractivity contribution in [1.29, 1.82) is 5.26 Å². The fraction of sp³-hybridized carbons (Fsp3) is 0.200. The number of anilines is 2. The van der Waals surface area contributed by atoms with E-state index < -0.39 is 0 Å². The molecule has 3 rings (SSSR count). The summed E-state index contributed by atoms with van der Waals surface area (Å²) >= 11 is 6.06. The van der Waals surface area contributed by atoms with Gasteiger partial charge in [-0.1, -0.05) is 23.7 Å². The zero-order valence-corrected chi connectivity index (χ0v) is 15.3. The molecular weight excluding hydrogens is 367 g/mol. The fourth-order valence-electron chi connectivity index (χ4n) is 2.86. The minimum Gasteiger partial charge on any atom is -0.368 e. The molecule has 7 heteroatoms. The number of hydrogen-bond donors (Lipinski definition) is 1. The topological polar surface area (TPSA) is 59.4 Å². The predicted molar refractivity (Wildman–Crippen MR) is 104 cm³/mol. The van der Waals surface area contributed by atoms with Crippen LogP contribution in [0.25, 0.3) is 0 Å². The van der Waals surface area contributed by atoms with Crippen molar-refractivity contribution in [3.8, 4) is 6.07 Å². The van der Waals surface area contributed by atoms with Gasteiger partial charge in [0.2, 0.25) is 0 Å². The number of carbonyl (C=O) groups is 1. The predicted octanol–water partition coefficient (Wildman–Crippen LogP) is 3.65. The lowest BCUT2D eigenvalue weighted by Gasteiger charge is -2.36. The highest BCUT2D eigenvalue weighted by Gasteiger charge is 2.24. The van der Waals surface area contributed by atoms with Crippen LogP contribution in [0, 0.1) is 17.1 Å². The Morgan fingerprint density at radius 3 is 2.41 bits per heavy atom. The summed E-state index contributed by atoms with van der Waals surface area (Å²) in [6, 6.07) is 15.3. The van der Waals surface area contributed by atoms with Gasteiger partial charge in [-0.15, -0.1) is 0 Å². The number of rotatable bonds is 4. The molecule has 0 aromatic heterocycles. The number of hydrogen-bond acceptors (Lipinski definition) is 4. The summed E-state index contributed by atoms with van der Waals surface area (Å²) < 4.78 is 13.0. The number of nitrogens with one attached hydrogen (secondary N) is 1. The lowest BCUT2D eigenvalue weighted by atomic mass is 10.2. The van der Waals surface area contributed by atoms with Crippen molar-refractivity contribution in [2.75, 3.05) is 36.4 Å². The Balaban J connectivity index is 1.62. The van der Waals surface area contributed by atoms with E-state index >= 15 is 0 Å². The molecule has 2 aromatic rings. The molecule has 0 unspecified atom stereocenters. The number of amides is 1. The largest absolute Gasteiger partial charge is 0.368 e. The van der Waals surface area contributed by atoms with Gasteiger partial charge in [0.15, 0.2) is 0 Å². The van der Waals surface area contributed by atoms with E-state index in [-0.39, 0.29) is 17.3 Å². The number of nitriles is 1. The Morgan fingerprint density at radius 2 is 1.78 bits per heavy atom. The maximum Gasteiger partial charge on any atom is 0.266 e. The minimum absolute atomic E-state index is 0.0187. The van der Waals surface area contributed by atoms with Crippen LogP contribution < -0.4 is 10.2 Å². The second-order valence-electron chi connectivity index (χ2n) is 6.05. The minimum atomic E-state index is -0.323. The fourth-order valence-corrected chi connectivity index (χ4v) is 3.05. The molecule has 0 aliphatic carbocycles. The lowest BCUT2D eigenvalue weighted by Crippen LogP contribution is -2.49. The molecule has 1 fully saturated rings. The summed E-state index contributed by atoms with van der Waals surface area (Å²) in [5.74, 6) is -0.599. The van der Waals surface area contributed by atoms with E-state index in [1.54, 1.807) is 35.2 Å². The normalized spacial score (nSPS) is 14.6. The van der Waals surface area contributed by atoms with Crippen LogP contribution in [0.15, 0.2) is 60.3 Å². The molecule has 0 atom stereocenters. The van der Waals surface area contributed by atoms with Gasteiger partial charge in [-0.05, 0) is 36.4 Å². The summed E-state index contributed by atoms with van der Waals surface area (Å²) in [5.41, 5.74) is 1.56.